The molecule has 3 rings (SSSR count). The van der Waals surface area contributed by atoms with Crippen LogP contribution < -0.4 is 9.64 Å². The van der Waals surface area contributed by atoms with E-state index in [1.807, 2.05) is 0 Å². The van der Waals surface area contributed by atoms with Crippen molar-refractivity contribution in [1.29, 1.82) is 0 Å². The number of ether oxygens (including phenoxy) is 1. The zero-order chi connectivity index (χ0) is 17.1. The molecule has 0 radical (unpaired) electrons. The fraction of sp³-hybridized carbons (Fsp3) is 0.111. The summed E-state index contributed by atoms with van der Waals surface area (Å²) >= 11 is 0. The number of hydrogen-bond donors (Lipinski definition) is 1. The molecule has 0 fully saturated rings. The molecule has 1 heterocycles. The first-order valence-corrected chi connectivity index (χ1v) is 7.26. The quantitative estimate of drug-likeness (QED) is 0.533. The van der Waals surface area contributed by atoms with Crippen LogP contribution in [0.1, 0.15) is 5.56 Å². The van der Waals surface area contributed by atoms with Crippen molar-refractivity contribution < 1.29 is 19.1 Å². The minimum atomic E-state index is -0.582. The summed E-state index contributed by atoms with van der Waals surface area (Å²) in [6.07, 6.45) is 2.73. The molecule has 0 aliphatic carbocycles. The summed E-state index contributed by atoms with van der Waals surface area (Å²) in [5, 5.41) is 12.1. The third-order valence-corrected chi connectivity index (χ3v) is 3.85. The van der Waals surface area contributed by atoms with Crippen molar-refractivity contribution in [2.24, 2.45) is 5.16 Å². The summed E-state index contributed by atoms with van der Waals surface area (Å²) in [6, 6.07) is 12.2. The Morgan fingerprint density at radius 1 is 1.17 bits per heavy atom. The second-order valence-corrected chi connectivity index (χ2v) is 5.22. The predicted octanol–water partition coefficient (Wildman–Crippen LogP) is 3.09. The van der Waals surface area contributed by atoms with Gasteiger partial charge in [0.1, 0.15) is 17.6 Å². The topological polar surface area (TPSA) is 62.1 Å². The van der Waals surface area contributed by atoms with Gasteiger partial charge >= 0.3 is 0 Å². The highest BCUT2D eigenvalue weighted by Gasteiger charge is 2.33. The molecule has 6 heteroatoms. The molecule has 1 unspecified atom stereocenters. The number of anilines is 1. The second-order valence-electron chi connectivity index (χ2n) is 5.22. The average molecular weight is 326 g/mol. The number of amides is 1. The Kier molecular flexibility index (Phi) is 4.29. The van der Waals surface area contributed by atoms with Gasteiger partial charge in [-0.1, -0.05) is 17.3 Å². The summed E-state index contributed by atoms with van der Waals surface area (Å²) in [5.41, 5.74) is 1.96. The van der Waals surface area contributed by atoms with Crippen molar-refractivity contribution in [2.75, 3.05) is 12.0 Å². The zero-order valence-corrected chi connectivity index (χ0v) is 12.9. The third kappa shape index (κ3) is 2.86. The zero-order valence-electron chi connectivity index (χ0n) is 12.9. The van der Waals surface area contributed by atoms with Crippen LogP contribution in [0.4, 0.5) is 10.1 Å². The van der Waals surface area contributed by atoms with Crippen molar-refractivity contribution in [1.82, 2.24) is 0 Å². The molecule has 1 atom stereocenters. The van der Waals surface area contributed by atoms with Crippen LogP contribution in [-0.4, -0.2) is 30.5 Å². The van der Waals surface area contributed by atoms with Crippen molar-refractivity contribution in [3.8, 4) is 5.75 Å². The SMILES string of the molecule is COc1ccc(N2C(=O)C=C(c3ccc(F)cc3)C2/C=N/O)cc1. The van der Waals surface area contributed by atoms with Crippen LogP contribution in [0.15, 0.2) is 59.8 Å². The minimum absolute atomic E-state index is 0.246. The van der Waals surface area contributed by atoms with Crippen LogP contribution in [-0.2, 0) is 4.79 Å². The predicted molar refractivity (Wildman–Crippen MR) is 88.9 cm³/mol. The van der Waals surface area contributed by atoms with Crippen molar-refractivity contribution in [2.45, 2.75) is 6.04 Å². The van der Waals surface area contributed by atoms with Crippen LogP contribution in [0, 0.1) is 5.82 Å². The molecule has 2 aromatic rings. The Bertz CT molecular complexity index is 798. The van der Waals surface area contributed by atoms with Crippen LogP contribution in [0.25, 0.3) is 5.57 Å². The smallest absolute Gasteiger partial charge is 0.252 e. The molecule has 0 aromatic heterocycles. The highest BCUT2D eigenvalue weighted by molar-refractivity contribution is 6.17. The molecule has 0 saturated carbocycles. The monoisotopic (exact) mass is 326 g/mol. The number of hydrogen-bond acceptors (Lipinski definition) is 4. The van der Waals surface area contributed by atoms with Gasteiger partial charge in [-0.3, -0.25) is 9.69 Å². The molecule has 0 bridgehead atoms. The third-order valence-electron chi connectivity index (χ3n) is 3.85. The van der Waals surface area contributed by atoms with Gasteiger partial charge in [0.2, 0.25) is 0 Å². The van der Waals surface area contributed by atoms with Crippen molar-refractivity contribution >= 4 is 23.4 Å². The molecule has 1 aliphatic heterocycles. The first-order chi connectivity index (χ1) is 11.6. The lowest BCUT2D eigenvalue weighted by Gasteiger charge is -2.24. The normalized spacial score (nSPS) is 17.4. The molecule has 24 heavy (non-hydrogen) atoms. The van der Waals surface area contributed by atoms with E-state index in [0.717, 1.165) is 0 Å². The molecule has 1 aliphatic rings. The highest BCUT2D eigenvalue weighted by atomic mass is 19.1. The second kappa shape index (κ2) is 6.54. The molecule has 5 nitrogen and oxygen atoms in total. The standard InChI is InChI=1S/C18H15FN2O3/c1-24-15-8-6-14(7-9-15)21-17(11-20-23)16(10-18(21)22)12-2-4-13(19)5-3-12/h2-11,17,23H,1H3/b20-11+. The van der Waals surface area contributed by atoms with E-state index < -0.39 is 6.04 Å². The molecular weight excluding hydrogens is 311 g/mol. The summed E-state index contributed by atoms with van der Waals surface area (Å²) < 4.78 is 18.2. The number of rotatable bonds is 4. The minimum Gasteiger partial charge on any atom is -0.497 e. The summed E-state index contributed by atoms with van der Waals surface area (Å²) in [4.78, 5) is 14.0. The van der Waals surface area contributed by atoms with E-state index >= 15 is 0 Å². The number of nitrogens with zero attached hydrogens (tertiary/aromatic N) is 2. The lowest BCUT2D eigenvalue weighted by molar-refractivity contribution is -0.113. The highest BCUT2D eigenvalue weighted by Crippen LogP contribution is 2.32. The van der Waals surface area contributed by atoms with E-state index in [9.17, 15) is 9.18 Å². The van der Waals surface area contributed by atoms with E-state index in [-0.39, 0.29) is 11.7 Å². The number of benzene rings is 2. The largest absolute Gasteiger partial charge is 0.497 e. The molecule has 122 valence electrons. The fourth-order valence-electron chi connectivity index (χ4n) is 2.70. The Morgan fingerprint density at radius 3 is 2.42 bits per heavy atom. The van der Waals surface area contributed by atoms with Gasteiger partial charge in [-0.05, 0) is 47.5 Å². The van der Waals surface area contributed by atoms with Crippen molar-refractivity contribution in [3.05, 3.63) is 66.0 Å². The number of carbonyl (C=O) groups excluding carboxylic acids is 1. The van der Waals surface area contributed by atoms with E-state index in [1.54, 1.807) is 43.5 Å². The Balaban J connectivity index is 1.99. The Morgan fingerprint density at radius 2 is 1.83 bits per heavy atom. The van der Waals surface area contributed by atoms with Crippen LogP contribution >= 0.6 is 0 Å². The summed E-state index contributed by atoms with van der Waals surface area (Å²) in [5.74, 6) is 0.0666. The van der Waals surface area contributed by atoms with E-state index in [0.29, 0.717) is 22.6 Å². The summed E-state index contributed by atoms with van der Waals surface area (Å²) in [6.45, 7) is 0. The molecule has 1 amide bonds. The lowest BCUT2D eigenvalue weighted by Crippen LogP contribution is -2.36. The number of carbonyl (C=O) groups is 1. The van der Waals surface area contributed by atoms with Gasteiger partial charge in [-0.2, -0.15) is 0 Å². The molecule has 0 spiro atoms. The van der Waals surface area contributed by atoms with Gasteiger partial charge in [0.25, 0.3) is 5.91 Å². The Hall–Kier alpha value is -3.15. The fourth-order valence-corrected chi connectivity index (χ4v) is 2.70. The maximum absolute atomic E-state index is 13.1. The van der Waals surface area contributed by atoms with Gasteiger partial charge in [-0.15, -0.1) is 0 Å². The van der Waals surface area contributed by atoms with Crippen LogP contribution in [0.2, 0.25) is 0 Å². The van der Waals surface area contributed by atoms with Gasteiger partial charge in [-0.25, -0.2) is 4.39 Å². The molecule has 1 N–H and O–H groups in total. The Labute approximate surface area is 138 Å². The van der Waals surface area contributed by atoms with Gasteiger partial charge < -0.3 is 9.94 Å². The van der Waals surface area contributed by atoms with Crippen LogP contribution in [0.3, 0.4) is 0 Å². The maximum Gasteiger partial charge on any atom is 0.252 e. The maximum atomic E-state index is 13.1. The molecule has 0 saturated heterocycles. The van der Waals surface area contributed by atoms with Gasteiger partial charge in [0.05, 0.1) is 13.3 Å². The summed E-state index contributed by atoms with van der Waals surface area (Å²) in [7, 11) is 1.56. The van der Waals surface area contributed by atoms with E-state index in [4.69, 9.17) is 9.94 Å². The number of oxime groups is 1. The molecule has 2 aromatic carbocycles. The van der Waals surface area contributed by atoms with Crippen molar-refractivity contribution in [3.63, 3.8) is 0 Å². The number of methoxy groups -OCH3 is 1. The first kappa shape index (κ1) is 15.7. The van der Waals surface area contributed by atoms with E-state index in [1.165, 1.54) is 29.3 Å². The number of halogens is 1. The van der Waals surface area contributed by atoms with Crippen LogP contribution in [0.5, 0.6) is 5.75 Å². The average Bonchev–Trinajstić information content (AvgIpc) is 2.92. The lowest BCUT2D eigenvalue weighted by atomic mass is 10.0. The first-order valence-electron chi connectivity index (χ1n) is 7.26. The molecular formula is C18H15FN2O3. The van der Waals surface area contributed by atoms with E-state index in [2.05, 4.69) is 5.16 Å². The van der Waals surface area contributed by atoms with Gasteiger partial charge in [0.15, 0.2) is 0 Å². The van der Waals surface area contributed by atoms with Gasteiger partial charge in [0, 0.05) is 11.8 Å².